The maximum absolute atomic E-state index is 13.4. The van der Waals surface area contributed by atoms with Crippen LogP contribution in [0.2, 0.25) is 0 Å². The summed E-state index contributed by atoms with van der Waals surface area (Å²) in [7, 11) is 0. The number of fused-ring (bicyclic) bond motifs is 1. The van der Waals surface area contributed by atoms with Crippen molar-refractivity contribution in [3.63, 3.8) is 0 Å². The maximum Gasteiger partial charge on any atom is 0.218 e. The van der Waals surface area contributed by atoms with E-state index in [9.17, 15) is 9.50 Å². The van der Waals surface area contributed by atoms with Gasteiger partial charge in [0.25, 0.3) is 0 Å². The van der Waals surface area contributed by atoms with E-state index >= 15 is 0 Å². The molecule has 0 aliphatic rings. The smallest absolute Gasteiger partial charge is 0.218 e. The van der Waals surface area contributed by atoms with Crippen molar-refractivity contribution in [2.75, 3.05) is 5.32 Å². The van der Waals surface area contributed by atoms with E-state index in [-0.39, 0.29) is 16.7 Å². The van der Waals surface area contributed by atoms with E-state index in [1.165, 1.54) is 18.2 Å². The van der Waals surface area contributed by atoms with Crippen molar-refractivity contribution in [2.24, 2.45) is 10.2 Å². The molecule has 0 bridgehead atoms. The van der Waals surface area contributed by atoms with E-state index in [1.807, 2.05) is 32.0 Å². The molecule has 0 amide bonds. The van der Waals surface area contributed by atoms with Gasteiger partial charge in [-0.1, -0.05) is 17.7 Å². The lowest BCUT2D eigenvalue weighted by molar-refractivity contribution is 0.459. The van der Waals surface area contributed by atoms with Crippen molar-refractivity contribution >= 4 is 39.6 Å². The van der Waals surface area contributed by atoms with Gasteiger partial charge in [-0.15, -0.1) is 10.2 Å². The maximum atomic E-state index is 13.4. The van der Waals surface area contributed by atoms with Crippen molar-refractivity contribution < 1.29 is 9.50 Å². The number of benzene rings is 2. The summed E-state index contributed by atoms with van der Waals surface area (Å²) < 4.78 is 13.4. The van der Waals surface area contributed by atoms with Crippen LogP contribution >= 0.6 is 12.2 Å². The minimum absolute atomic E-state index is 0.145. The number of nitrogens with one attached hydrogen (secondary N) is 2. The lowest BCUT2D eigenvalue weighted by Gasteiger charge is -2.07. The molecule has 3 aromatic rings. The summed E-state index contributed by atoms with van der Waals surface area (Å²) in [6.45, 7) is 3.97. The minimum Gasteiger partial charge on any atom is -0.493 e. The van der Waals surface area contributed by atoms with Gasteiger partial charge < -0.3 is 15.4 Å². The van der Waals surface area contributed by atoms with Crippen LogP contribution in [-0.2, 0) is 0 Å². The number of hydrogen-bond donors (Lipinski definition) is 3. The number of anilines is 1. The predicted molar refractivity (Wildman–Crippen MR) is 96.6 cm³/mol. The number of aromatic amines is 1. The summed E-state index contributed by atoms with van der Waals surface area (Å²) in [5.41, 5.74) is 3.73. The van der Waals surface area contributed by atoms with E-state index < -0.39 is 5.82 Å². The molecule has 0 radical (unpaired) electrons. The number of azo groups is 1. The molecule has 0 unspecified atom stereocenters. The van der Waals surface area contributed by atoms with Crippen molar-refractivity contribution in [3.05, 3.63) is 53.3 Å². The summed E-state index contributed by atoms with van der Waals surface area (Å²) in [6.07, 6.45) is 0. The van der Waals surface area contributed by atoms with Crippen LogP contribution in [0, 0.1) is 19.7 Å². The minimum atomic E-state index is -0.422. The second-order valence-corrected chi connectivity index (χ2v) is 5.85. The van der Waals surface area contributed by atoms with Crippen molar-refractivity contribution in [3.8, 4) is 5.88 Å². The average molecular weight is 342 g/mol. The summed E-state index contributed by atoms with van der Waals surface area (Å²) in [5, 5.41) is 21.3. The Bertz CT molecular complexity index is 965. The zero-order chi connectivity index (χ0) is 17.3. The van der Waals surface area contributed by atoms with Gasteiger partial charge in [0.1, 0.15) is 5.82 Å². The number of hydrogen-bond acceptors (Lipinski definition) is 3. The van der Waals surface area contributed by atoms with Crippen molar-refractivity contribution in [1.82, 2.24) is 4.98 Å². The van der Waals surface area contributed by atoms with E-state index in [4.69, 9.17) is 12.2 Å². The third kappa shape index (κ3) is 3.26. The number of aryl methyl sites for hydroxylation is 2. The lowest BCUT2D eigenvalue weighted by atomic mass is 10.1. The van der Waals surface area contributed by atoms with Crippen LogP contribution in [0.1, 0.15) is 11.1 Å². The number of H-pyrrole nitrogens is 1. The van der Waals surface area contributed by atoms with Gasteiger partial charge in [-0.2, -0.15) is 0 Å². The first-order valence-electron chi connectivity index (χ1n) is 7.24. The molecule has 0 aliphatic heterocycles. The quantitative estimate of drug-likeness (QED) is 0.447. The third-order valence-electron chi connectivity index (χ3n) is 3.58. The fourth-order valence-electron chi connectivity index (χ4n) is 2.43. The molecule has 1 aromatic heterocycles. The van der Waals surface area contributed by atoms with Gasteiger partial charge in [-0.3, -0.25) is 0 Å². The zero-order valence-electron chi connectivity index (χ0n) is 13.1. The number of thiocarbonyl (C=S) groups is 1. The summed E-state index contributed by atoms with van der Waals surface area (Å²) in [6, 6.07) is 9.99. The second kappa shape index (κ2) is 6.37. The molecule has 0 saturated heterocycles. The standard InChI is InChI=1S/C17H15FN4OS/c1-9-3-5-13(10(2)7-9)20-17(24)22-21-15-12-8-11(18)4-6-14(12)19-16(15)23/h3-8,19,23H,1-2H3,(H,20,24). The summed E-state index contributed by atoms with van der Waals surface area (Å²) >= 11 is 5.16. The summed E-state index contributed by atoms with van der Waals surface area (Å²) in [4.78, 5) is 2.71. The number of nitrogens with zero attached hydrogens (tertiary/aromatic N) is 2. The lowest BCUT2D eigenvalue weighted by Crippen LogP contribution is -2.06. The number of aromatic nitrogens is 1. The molecular formula is C17H15FN4OS. The van der Waals surface area contributed by atoms with E-state index in [2.05, 4.69) is 20.5 Å². The van der Waals surface area contributed by atoms with Gasteiger partial charge >= 0.3 is 0 Å². The Labute approximate surface area is 143 Å². The predicted octanol–water partition coefficient (Wildman–Crippen LogP) is 5.11. The Balaban J connectivity index is 1.84. The third-order valence-corrected chi connectivity index (χ3v) is 3.76. The normalized spacial score (nSPS) is 11.3. The first kappa shape index (κ1) is 16.1. The average Bonchev–Trinajstić information content (AvgIpc) is 2.83. The first-order valence-corrected chi connectivity index (χ1v) is 7.65. The molecule has 3 rings (SSSR count). The molecule has 2 aromatic carbocycles. The highest BCUT2D eigenvalue weighted by molar-refractivity contribution is 7.80. The van der Waals surface area contributed by atoms with Crippen LogP contribution in [-0.4, -0.2) is 15.2 Å². The molecule has 122 valence electrons. The Morgan fingerprint density at radius 3 is 2.75 bits per heavy atom. The molecule has 0 atom stereocenters. The first-order chi connectivity index (χ1) is 11.4. The summed E-state index contributed by atoms with van der Waals surface area (Å²) in [5.74, 6) is -0.609. The van der Waals surface area contributed by atoms with Gasteiger partial charge in [0.15, 0.2) is 5.69 Å². The fraction of sp³-hybridized carbons (Fsp3) is 0.118. The number of aromatic hydroxyl groups is 1. The van der Waals surface area contributed by atoms with Gasteiger partial charge in [-0.05, 0) is 55.9 Å². The van der Waals surface area contributed by atoms with Crippen LogP contribution in [0.25, 0.3) is 10.9 Å². The molecule has 0 saturated carbocycles. The Morgan fingerprint density at radius 1 is 1.21 bits per heavy atom. The number of rotatable bonds is 2. The highest BCUT2D eigenvalue weighted by Gasteiger charge is 2.11. The van der Waals surface area contributed by atoms with Crippen LogP contribution in [0.4, 0.5) is 15.8 Å². The van der Waals surface area contributed by atoms with E-state index in [0.29, 0.717) is 10.9 Å². The molecular weight excluding hydrogens is 327 g/mol. The van der Waals surface area contributed by atoms with Crippen LogP contribution in [0.3, 0.4) is 0 Å². The van der Waals surface area contributed by atoms with Crippen LogP contribution in [0.15, 0.2) is 46.6 Å². The number of halogens is 1. The Hall–Kier alpha value is -2.80. The van der Waals surface area contributed by atoms with Crippen LogP contribution < -0.4 is 5.32 Å². The molecule has 1 heterocycles. The monoisotopic (exact) mass is 342 g/mol. The molecule has 0 spiro atoms. The van der Waals surface area contributed by atoms with E-state index in [0.717, 1.165) is 16.8 Å². The van der Waals surface area contributed by atoms with Gasteiger partial charge in [-0.25, -0.2) is 4.39 Å². The van der Waals surface area contributed by atoms with Crippen molar-refractivity contribution in [1.29, 1.82) is 0 Å². The Kier molecular flexibility index (Phi) is 4.26. The van der Waals surface area contributed by atoms with Gasteiger partial charge in [0, 0.05) is 11.1 Å². The molecule has 5 nitrogen and oxygen atoms in total. The molecule has 0 aliphatic carbocycles. The van der Waals surface area contributed by atoms with Crippen molar-refractivity contribution in [2.45, 2.75) is 13.8 Å². The van der Waals surface area contributed by atoms with Gasteiger partial charge in [0.05, 0.1) is 5.52 Å². The SMILES string of the molecule is Cc1ccc(NC(=S)N=Nc2c(O)[nH]c3ccc(F)cc23)c(C)c1. The van der Waals surface area contributed by atoms with Gasteiger partial charge in [0.2, 0.25) is 11.0 Å². The molecule has 3 N–H and O–H groups in total. The molecule has 0 fully saturated rings. The highest BCUT2D eigenvalue weighted by atomic mass is 32.1. The zero-order valence-corrected chi connectivity index (χ0v) is 13.9. The highest BCUT2D eigenvalue weighted by Crippen LogP contribution is 2.35. The van der Waals surface area contributed by atoms with Crippen LogP contribution in [0.5, 0.6) is 5.88 Å². The topological polar surface area (TPSA) is 72.8 Å². The fourth-order valence-corrected chi connectivity index (χ4v) is 2.58. The largest absolute Gasteiger partial charge is 0.493 e. The van der Waals surface area contributed by atoms with E-state index in [1.54, 1.807) is 0 Å². The molecule has 7 heteroatoms. The molecule has 24 heavy (non-hydrogen) atoms. The second-order valence-electron chi connectivity index (χ2n) is 5.46. The Morgan fingerprint density at radius 2 is 2.00 bits per heavy atom.